The molecule has 1 amide bonds. The Bertz CT molecular complexity index is 941. The van der Waals surface area contributed by atoms with Crippen molar-refractivity contribution in [1.29, 1.82) is 0 Å². The number of piperidine rings is 1. The number of amides is 1. The minimum Gasteiger partial charge on any atom is -0.480 e. The summed E-state index contributed by atoms with van der Waals surface area (Å²) in [6.07, 6.45) is 3.23. The van der Waals surface area contributed by atoms with Gasteiger partial charge in [-0.3, -0.25) is 4.79 Å². The van der Waals surface area contributed by atoms with E-state index in [1.54, 1.807) is 6.92 Å². The smallest absolute Gasteiger partial charge is 0.265 e. The molecule has 0 unspecified atom stereocenters. The highest BCUT2D eigenvalue weighted by Gasteiger charge is 2.16. The monoisotopic (exact) mass is 374 g/mol. The number of carbonyl (C=O) groups is 1. The summed E-state index contributed by atoms with van der Waals surface area (Å²) in [4.78, 5) is 15.0. The van der Waals surface area contributed by atoms with Crippen molar-refractivity contribution in [3.8, 4) is 5.75 Å². The molecule has 0 bridgehead atoms. The lowest BCUT2D eigenvalue weighted by molar-refractivity contribution is -0.122. The second-order valence-corrected chi connectivity index (χ2v) is 7.32. The number of nitrogens with one attached hydrogen (secondary N) is 1. The van der Waals surface area contributed by atoms with Crippen LogP contribution in [-0.4, -0.2) is 25.1 Å². The van der Waals surface area contributed by atoms with Crippen LogP contribution in [0.5, 0.6) is 5.75 Å². The summed E-state index contributed by atoms with van der Waals surface area (Å²) in [5.74, 6) is 0.569. The van der Waals surface area contributed by atoms with Gasteiger partial charge < -0.3 is 15.0 Å². The quantitative estimate of drug-likeness (QED) is 0.664. The summed E-state index contributed by atoms with van der Waals surface area (Å²) in [6, 6.07) is 22.0. The van der Waals surface area contributed by atoms with Crippen molar-refractivity contribution in [3.63, 3.8) is 0 Å². The molecule has 4 heteroatoms. The third-order valence-corrected chi connectivity index (χ3v) is 5.28. The maximum atomic E-state index is 12.6. The van der Waals surface area contributed by atoms with Crippen LogP contribution in [0.25, 0.3) is 10.8 Å². The lowest BCUT2D eigenvalue weighted by atomic mass is 10.1. The van der Waals surface area contributed by atoms with Crippen LogP contribution in [0.2, 0.25) is 0 Å². The predicted molar refractivity (Wildman–Crippen MR) is 115 cm³/mol. The number of hydrogen-bond donors (Lipinski definition) is 1. The van der Waals surface area contributed by atoms with E-state index in [1.165, 1.54) is 24.9 Å². The predicted octanol–water partition coefficient (Wildman–Crippen LogP) is 5.24. The third kappa shape index (κ3) is 4.11. The van der Waals surface area contributed by atoms with Gasteiger partial charge in [0.25, 0.3) is 5.91 Å². The molecule has 0 aromatic heterocycles. The molecule has 4 nitrogen and oxygen atoms in total. The number of nitrogens with zero attached hydrogens (tertiary/aromatic N) is 1. The summed E-state index contributed by atoms with van der Waals surface area (Å²) in [5.41, 5.74) is 2.01. The van der Waals surface area contributed by atoms with Gasteiger partial charge in [0.1, 0.15) is 5.75 Å². The Morgan fingerprint density at radius 2 is 1.64 bits per heavy atom. The molecule has 1 aliphatic heterocycles. The van der Waals surface area contributed by atoms with Crippen molar-refractivity contribution in [3.05, 3.63) is 66.7 Å². The maximum Gasteiger partial charge on any atom is 0.265 e. The third-order valence-electron chi connectivity index (χ3n) is 5.28. The van der Waals surface area contributed by atoms with Crippen molar-refractivity contribution in [2.24, 2.45) is 0 Å². The highest BCUT2D eigenvalue weighted by molar-refractivity contribution is 5.95. The molecule has 1 saturated heterocycles. The standard InChI is InChI=1S/C24H26N2O2/c1-18(28-23-11-7-9-19-8-3-4-10-22(19)23)24(27)25-20-12-14-21(15-13-20)26-16-5-2-6-17-26/h3-4,7-15,18H,2,5-6,16-17H2,1H3,(H,25,27)/t18-/m0/s1. The molecule has 144 valence electrons. The first-order valence-electron chi connectivity index (χ1n) is 10.0. The van der Waals surface area contributed by atoms with Gasteiger partial charge in [-0.05, 0) is 61.9 Å². The first-order chi connectivity index (χ1) is 13.7. The fourth-order valence-corrected chi connectivity index (χ4v) is 3.69. The van der Waals surface area contributed by atoms with E-state index >= 15 is 0 Å². The average Bonchev–Trinajstić information content (AvgIpc) is 2.75. The molecule has 0 radical (unpaired) electrons. The minimum absolute atomic E-state index is 0.154. The largest absolute Gasteiger partial charge is 0.480 e. The molecule has 1 atom stereocenters. The highest BCUT2D eigenvalue weighted by Crippen LogP contribution is 2.26. The van der Waals surface area contributed by atoms with E-state index in [2.05, 4.69) is 22.3 Å². The normalized spacial score (nSPS) is 15.2. The summed E-state index contributed by atoms with van der Waals surface area (Å²) < 4.78 is 5.96. The van der Waals surface area contributed by atoms with Crippen molar-refractivity contribution in [2.75, 3.05) is 23.3 Å². The van der Waals surface area contributed by atoms with Crippen LogP contribution < -0.4 is 15.0 Å². The van der Waals surface area contributed by atoms with Gasteiger partial charge in [-0.2, -0.15) is 0 Å². The van der Waals surface area contributed by atoms with Crippen LogP contribution in [0, 0.1) is 0 Å². The van der Waals surface area contributed by atoms with Crippen molar-refractivity contribution in [1.82, 2.24) is 0 Å². The van der Waals surface area contributed by atoms with Gasteiger partial charge in [-0.1, -0.05) is 36.4 Å². The Labute approximate surface area is 166 Å². The zero-order chi connectivity index (χ0) is 19.3. The zero-order valence-electron chi connectivity index (χ0n) is 16.2. The van der Waals surface area contributed by atoms with Crippen molar-refractivity contribution in [2.45, 2.75) is 32.3 Å². The van der Waals surface area contributed by atoms with E-state index in [0.717, 1.165) is 35.3 Å². The van der Waals surface area contributed by atoms with Gasteiger partial charge >= 0.3 is 0 Å². The molecular weight excluding hydrogens is 348 g/mol. The number of fused-ring (bicyclic) bond motifs is 1. The Hall–Kier alpha value is -3.01. The summed E-state index contributed by atoms with van der Waals surface area (Å²) in [6.45, 7) is 4.00. The first-order valence-corrected chi connectivity index (χ1v) is 10.0. The number of ether oxygens (including phenoxy) is 1. The number of hydrogen-bond acceptors (Lipinski definition) is 3. The second kappa shape index (κ2) is 8.34. The summed E-state index contributed by atoms with van der Waals surface area (Å²) in [5, 5.41) is 5.07. The molecule has 28 heavy (non-hydrogen) atoms. The topological polar surface area (TPSA) is 41.6 Å². The Morgan fingerprint density at radius 3 is 2.43 bits per heavy atom. The van der Waals surface area contributed by atoms with E-state index in [-0.39, 0.29) is 5.91 Å². The van der Waals surface area contributed by atoms with Crippen molar-refractivity contribution < 1.29 is 9.53 Å². The lowest BCUT2D eigenvalue weighted by Gasteiger charge is -2.28. The molecule has 3 aromatic rings. The van der Waals surface area contributed by atoms with Crippen LogP contribution in [0.1, 0.15) is 26.2 Å². The fourth-order valence-electron chi connectivity index (χ4n) is 3.69. The van der Waals surface area contributed by atoms with Gasteiger partial charge in [0.05, 0.1) is 0 Å². The Morgan fingerprint density at radius 1 is 0.929 bits per heavy atom. The van der Waals surface area contributed by atoms with E-state index < -0.39 is 6.10 Å². The van der Waals surface area contributed by atoms with E-state index in [9.17, 15) is 4.79 Å². The molecule has 4 rings (SSSR count). The van der Waals surface area contributed by atoms with Crippen molar-refractivity contribution >= 4 is 28.1 Å². The van der Waals surface area contributed by atoms with Crippen LogP contribution in [-0.2, 0) is 4.79 Å². The van der Waals surface area contributed by atoms with Crippen LogP contribution in [0.4, 0.5) is 11.4 Å². The zero-order valence-corrected chi connectivity index (χ0v) is 16.2. The van der Waals surface area contributed by atoms with Gasteiger partial charge in [0, 0.05) is 29.9 Å². The van der Waals surface area contributed by atoms with Crippen LogP contribution in [0.3, 0.4) is 0 Å². The van der Waals surface area contributed by atoms with E-state index in [0.29, 0.717) is 0 Å². The second-order valence-electron chi connectivity index (χ2n) is 7.32. The molecule has 0 spiro atoms. The minimum atomic E-state index is -0.590. The number of carbonyl (C=O) groups excluding carboxylic acids is 1. The van der Waals surface area contributed by atoms with Gasteiger partial charge in [-0.25, -0.2) is 0 Å². The summed E-state index contributed by atoms with van der Waals surface area (Å²) in [7, 11) is 0. The molecule has 3 aromatic carbocycles. The first kappa shape index (κ1) is 18.4. The fraction of sp³-hybridized carbons (Fsp3) is 0.292. The van der Waals surface area contributed by atoms with Gasteiger partial charge in [0.15, 0.2) is 6.10 Å². The molecule has 1 fully saturated rings. The number of benzene rings is 3. The maximum absolute atomic E-state index is 12.6. The number of rotatable bonds is 5. The Kier molecular flexibility index (Phi) is 5.47. The van der Waals surface area contributed by atoms with Crippen LogP contribution >= 0.6 is 0 Å². The number of anilines is 2. The average molecular weight is 374 g/mol. The van der Waals surface area contributed by atoms with E-state index in [1.807, 2.05) is 54.6 Å². The SMILES string of the molecule is C[C@H](Oc1cccc2ccccc12)C(=O)Nc1ccc(N2CCCCC2)cc1. The highest BCUT2D eigenvalue weighted by atomic mass is 16.5. The molecular formula is C24H26N2O2. The molecule has 1 aliphatic rings. The molecule has 0 aliphatic carbocycles. The van der Waals surface area contributed by atoms with Gasteiger partial charge in [0.2, 0.25) is 0 Å². The molecule has 1 heterocycles. The molecule has 0 saturated carbocycles. The summed E-state index contributed by atoms with van der Waals surface area (Å²) >= 11 is 0. The van der Waals surface area contributed by atoms with Gasteiger partial charge in [-0.15, -0.1) is 0 Å². The lowest BCUT2D eigenvalue weighted by Crippen LogP contribution is -2.30. The molecule has 1 N–H and O–H groups in total. The van der Waals surface area contributed by atoms with Crippen LogP contribution in [0.15, 0.2) is 66.7 Å². The van der Waals surface area contributed by atoms with E-state index in [4.69, 9.17) is 4.74 Å². The Balaban J connectivity index is 1.40.